The fraction of sp³-hybridized carbons (Fsp3) is 0.857. The predicted octanol–water partition coefficient (Wildman–Crippen LogP) is 1.48. The van der Waals surface area contributed by atoms with Crippen molar-refractivity contribution in [3.8, 4) is 0 Å². The maximum absolute atomic E-state index is 11.9. The Balaban J connectivity index is 2.31. The van der Waals surface area contributed by atoms with Gasteiger partial charge in [-0.1, -0.05) is 13.3 Å². The highest BCUT2D eigenvalue weighted by Gasteiger charge is 2.23. The first-order valence-corrected chi connectivity index (χ1v) is 7.24. The second-order valence-corrected chi connectivity index (χ2v) is 5.60. The molecule has 0 saturated carbocycles. The molecule has 1 fully saturated rings. The van der Waals surface area contributed by atoms with Gasteiger partial charge in [-0.05, 0) is 38.6 Å². The Hall–Kier alpha value is -1.10. The van der Waals surface area contributed by atoms with E-state index < -0.39 is 5.97 Å². The minimum Gasteiger partial charge on any atom is -0.481 e. The highest BCUT2D eigenvalue weighted by Crippen LogP contribution is 2.19. The van der Waals surface area contributed by atoms with Crippen LogP contribution in [0.5, 0.6) is 0 Å². The van der Waals surface area contributed by atoms with Gasteiger partial charge in [0.1, 0.15) is 0 Å². The van der Waals surface area contributed by atoms with Crippen molar-refractivity contribution in [3.05, 3.63) is 0 Å². The molecule has 110 valence electrons. The van der Waals surface area contributed by atoms with Crippen LogP contribution in [0.15, 0.2) is 0 Å². The lowest BCUT2D eigenvalue weighted by Crippen LogP contribution is -2.44. The molecule has 1 heterocycles. The quantitative estimate of drug-likeness (QED) is 0.735. The number of hydrogen-bond acceptors (Lipinski definition) is 3. The zero-order chi connectivity index (χ0) is 14.3. The monoisotopic (exact) mass is 270 g/mol. The number of nitrogens with one attached hydrogen (secondary N) is 1. The van der Waals surface area contributed by atoms with E-state index in [1.54, 1.807) is 0 Å². The molecule has 0 aromatic carbocycles. The molecule has 1 aliphatic rings. The molecule has 0 radical (unpaired) electrons. The van der Waals surface area contributed by atoms with Crippen LogP contribution in [0, 0.1) is 5.92 Å². The first-order valence-electron chi connectivity index (χ1n) is 7.24. The second-order valence-electron chi connectivity index (χ2n) is 5.60. The van der Waals surface area contributed by atoms with Gasteiger partial charge in [0, 0.05) is 19.0 Å². The van der Waals surface area contributed by atoms with Crippen molar-refractivity contribution in [2.24, 2.45) is 5.92 Å². The molecular formula is C14H26N2O3. The molecule has 5 heteroatoms. The van der Waals surface area contributed by atoms with Gasteiger partial charge in [0.15, 0.2) is 0 Å². The number of carboxylic acid groups (broad SMARTS) is 1. The molecule has 0 aromatic heterocycles. The number of carbonyl (C=O) groups is 2. The molecule has 1 rings (SSSR count). The number of aliphatic carboxylic acids is 1. The van der Waals surface area contributed by atoms with Crippen molar-refractivity contribution < 1.29 is 14.7 Å². The highest BCUT2D eigenvalue weighted by molar-refractivity contribution is 5.78. The molecule has 2 unspecified atom stereocenters. The van der Waals surface area contributed by atoms with Crippen LogP contribution in [0.4, 0.5) is 0 Å². The van der Waals surface area contributed by atoms with Gasteiger partial charge in [-0.25, -0.2) is 0 Å². The first kappa shape index (κ1) is 16.0. The van der Waals surface area contributed by atoms with E-state index in [1.807, 2.05) is 6.92 Å². The van der Waals surface area contributed by atoms with Gasteiger partial charge in [-0.2, -0.15) is 0 Å². The zero-order valence-corrected chi connectivity index (χ0v) is 12.0. The SMILES string of the molecule is CCCC(C)NC(=O)CN1CCCC(CC(=O)O)C1. The third-order valence-electron chi connectivity index (χ3n) is 3.56. The number of amides is 1. The van der Waals surface area contributed by atoms with E-state index in [1.165, 1.54) is 0 Å². The average molecular weight is 270 g/mol. The number of carboxylic acids is 1. The molecule has 0 aromatic rings. The summed E-state index contributed by atoms with van der Waals surface area (Å²) in [5, 5.41) is 11.8. The molecule has 0 bridgehead atoms. The number of likely N-dealkylation sites (tertiary alicyclic amines) is 1. The number of nitrogens with zero attached hydrogens (tertiary/aromatic N) is 1. The standard InChI is InChI=1S/C14H26N2O3/c1-3-5-11(2)15-13(17)10-16-7-4-6-12(9-16)8-14(18)19/h11-12H,3-10H2,1-2H3,(H,15,17)(H,18,19). The maximum atomic E-state index is 11.9. The van der Waals surface area contributed by atoms with Crippen molar-refractivity contribution in [1.82, 2.24) is 10.2 Å². The second kappa shape index (κ2) is 8.15. The molecule has 0 aliphatic carbocycles. The fourth-order valence-corrected chi connectivity index (χ4v) is 2.74. The number of carbonyl (C=O) groups excluding carboxylic acids is 1. The largest absolute Gasteiger partial charge is 0.481 e. The van der Waals surface area contributed by atoms with Crippen molar-refractivity contribution in [1.29, 1.82) is 0 Å². The maximum Gasteiger partial charge on any atom is 0.303 e. The van der Waals surface area contributed by atoms with Crippen LogP contribution in [0.1, 0.15) is 46.0 Å². The fourth-order valence-electron chi connectivity index (χ4n) is 2.74. The lowest BCUT2D eigenvalue weighted by atomic mass is 9.95. The molecule has 2 N–H and O–H groups in total. The molecule has 1 saturated heterocycles. The topological polar surface area (TPSA) is 69.6 Å². The summed E-state index contributed by atoms with van der Waals surface area (Å²) in [6, 6.07) is 0.220. The van der Waals surface area contributed by atoms with Crippen LogP contribution in [0.3, 0.4) is 0 Å². The average Bonchev–Trinajstić information content (AvgIpc) is 2.28. The van der Waals surface area contributed by atoms with E-state index in [0.717, 1.165) is 38.8 Å². The van der Waals surface area contributed by atoms with Gasteiger partial charge in [-0.15, -0.1) is 0 Å². The third-order valence-corrected chi connectivity index (χ3v) is 3.56. The van der Waals surface area contributed by atoms with E-state index in [2.05, 4.69) is 17.1 Å². The van der Waals surface area contributed by atoms with Crippen LogP contribution < -0.4 is 5.32 Å². The van der Waals surface area contributed by atoms with Gasteiger partial charge in [0.25, 0.3) is 0 Å². The van der Waals surface area contributed by atoms with Crippen LogP contribution in [0.25, 0.3) is 0 Å². The van der Waals surface area contributed by atoms with E-state index in [9.17, 15) is 9.59 Å². The lowest BCUT2D eigenvalue weighted by Gasteiger charge is -2.31. The van der Waals surface area contributed by atoms with Crippen LogP contribution in [0.2, 0.25) is 0 Å². The van der Waals surface area contributed by atoms with Gasteiger partial charge in [0.2, 0.25) is 5.91 Å². The molecule has 2 atom stereocenters. The lowest BCUT2D eigenvalue weighted by molar-refractivity contribution is -0.138. The Morgan fingerprint density at radius 2 is 2.21 bits per heavy atom. The van der Waals surface area contributed by atoms with E-state index >= 15 is 0 Å². The third kappa shape index (κ3) is 6.57. The van der Waals surface area contributed by atoms with Crippen LogP contribution >= 0.6 is 0 Å². The molecule has 5 nitrogen and oxygen atoms in total. The minimum absolute atomic E-state index is 0.0527. The Bertz CT molecular complexity index is 307. The minimum atomic E-state index is -0.743. The number of piperidine rings is 1. The summed E-state index contributed by atoms with van der Waals surface area (Å²) < 4.78 is 0. The van der Waals surface area contributed by atoms with Gasteiger partial charge in [0.05, 0.1) is 6.54 Å². The van der Waals surface area contributed by atoms with Crippen molar-refractivity contribution >= 4 is 11.9 Å². The van der Waals surface area contributed by atoms with E-state index in [0.29, 0.717) is 6.54 Å². The molecule has 1 amide bonds. The van der Waals surface area contributed by atoms with E-state index in [4.69, 9.17) is 5.11 Å². The van der Waals surface area contributed by atoms with Gasteiger partial charge in [-0.3, -0.25) is 14.5 Å². The summed E-state index contributed by atoms with van der Waals surface area (Å²) in [6.07, 6.45) is 4.20. The molecule has 1 aliphatic heterocycles. The highest BCUT2D eigenvalue weighted by atomic mass is 16.4. The summed E-state index contributed by atoms with van der Waals surface area (Å²) >= 11 is 0. The predicted molar refractivity (Wildman–Crippen MR) is 73.9 cm³/mol. The summed E-state index contributed by atoms with van der Waals surface area (Å²) in [5.41, 5.74) is 0. The summed E-state index contributed by atoms with van der Waals surface area (Å²) in [4.78, 5) is 24.6. The Morgan fingerprint density at radius 1 is 1.47 bits per heavy atom. The van der Waals surface area contributed by atoms with Gasteiger partial charge >= 0.3 is 5.97 Å². The molecule has 19 heavy (non-hydrogen) atoms. The smallest absolute Gasteiger partial charge is 0.303 e. The van der Waals surface area contributed by atoms with Crippen molar-refractivity contribution in [2.45, 2.75) is 52.0 Å². The summed E-state index contributed by atoms with van der Waals surface area (Å²) in [5.74, 6) is -0.503. The number of rotatable bonds is 7. The summed E-state index contributed by atoms with van der Waals surface area (Å²) in [6.45, 7) is 6.13. The molecular weight excluding hydrogens is 244 g/mol. The number of hydrogen-bond donors (Lipinski definition) is 2. The van der Waals surface area contributed by atoms with Crippen LogP contribution in [-0.2, 0) is 9.59 Å². The molecule has 0 spiro atoms. The first-order chi connectivity index (χ1) is 9.01. The summed E-state index contributed by atoms with van der Waals surface area (Å²) in [7, 11) is 0. The van der Waals surface area contributed by atoms with Crippen molar-refractivity contribution in [2.75, 3.05) is 19.6 Å². The Labute approximate surface area is 115 Å². The van der Waals surface area contributed by atoms with Gasteiger partial charge < -0.3 is 10.4 Å². The van der Waals surface area contributed by atoms with Crippen molar-refractivity contribution in [3.63, 3.8) is 0 Å². The normalized spacial score (nSPS) is 21.9. The van der Waals surface area contributed by atoms with E-state index in [-0.39, 0.29) is 24.3 Å². The van der Waals surface area contributed by atoms with Crippen LogP contribution in [-0.4, -0.2) is 47.6 Å². The zero-order valence-electron chi connectivity index (χ0n) is 12.0. The Kier molecular flexibility index (Phi) is 6.84. The Morgan fingerprint density at radius 3 is 2.84 bits per heavy atom.